The second kappa shape index (κ2) is 10.9. The molecule has 0 saturated heterocycles. The second-order valence-electron chi connectivity index (χ2n) is 4.36. The van der Waals surface area contributed by atoms with Crippen molar-refractivity contribution in [1.29, 1.82) is 0 Å². The van der Waals surface area contributed by atoms with Crippen molar-refractivity contribution in [2.24, 2.45) is 16.8 Å². The van der Waals surface area contributed by atoms with E-state index in [2.05, 4.69) is 38.9 Å². The summed E-state index contributed by atoms with van der Waals surface area (Å²) in [5.74, 6) is 1.15. The molecule has 5 heteroatoms. The average molecular weight is 243 g/mol. The molecule has 0 aliphatic rings. The zero-order valence-electron chi connectivity index (χ0n) is 10.3. The molecule has 0 aliphatic heterocycles. The van der Waals surface area contributed by atoms with Crippen LogP contribution in [0.2, 0.25) is 6.32 Å². The topological polar surface area (TPSA) is 12.4 Å². The van der Waals surface area contributed by atoms with E-state index in [1.165, 1.54) is 0 Å². The molecule has 15 heavy (non-hydrogen) atoms. The van der Waals surface area contributed by atoms with Crippen LogP contribution >= 0.6 is 0 Å². The van der Waals surface area contributed by atoms with Gasteiger partial charge in [0.15, 0.2) is 0 Å². The minimum absolute atomic E-state index is 0. The van der Waals surface area contributed by atoms with Gasteiger partial charge in [0.1, 0.15) is 0 Å². The SMILES string of the molecule is [B][B][B]CCC(N=CC(C)C)C(C)C.[Fe]. The Bertz CT molecular complexity index is 163. The van der Waals surface area contributed by atoms with E-state index in [-0.39, 0.29) is 17.1 Å². The number of hydrogen-bond donors (Lipinski definition) is 0. The first-order chi connectivity index (χ1) is 6.57. The van der Waals surface area contributed by atoms with Crippen LogP contribution in [-0.2, 0) is 17.1 Å². The van der Waals surface area contributed by atoms with Crippen molar-refractivity contribution in [2.45, 2.75) is 46.5 Å². The van der Waals surface area contributed by atoms with Gasteiger partial charge in [0.25, 0.3) is 0 Å². The van der Waals surface area contributed by atoms with E-state index in [1.807, 2.05) is 7.17 Å². The third kappa shape index (κ3) is 10.7. The molecule has 0 aromatic carbocycles. The van der Waals surface area contributed by atoms with Crippen LogP contribution in [0.25, 0.3) is 0 Å². The van der Waals surface area contributed by atoms with Crippen molar-refractivity contribution in [2.75, 3.05) is 0 Å². The Morgan fingerprint density at radius 2 is 1.87 bits per heavy atom. The third-order valence-electron chi connectivity index (χ3n) is 2.11. The van der Waals surface area contributed by atoms with Gasteiger partial charge in [-0.1, -0.05) is 34.0 Å². The molecule has 0 aromatic heterocycles. The molecule has 0 heterocycles. The quantitative estimate of drug-likeness (QED) is 0.368. The molecule has 0 aliphatic carbocycles. The molecule has 4 radical (unpaired) electrons. The molecule has 0 rings (SSSR count). The van der Waals surface area contributed by atoms with E-state index in [0.717, 1.165) is 12.7 Å². The monoisotopic (exact) mass is 243 g/mol. The van der Waals surface area contributed by atoms with Crippen LogP contribution < -0.4 is 0 Å². The molecule has 0 aromatic rings. The fourth-order valence-corrected chi connectivity index (χ4v) is 1.23. The Kier molecular flexibility index (Phi) is 12.9. The van der Waals surface area contributed by atoms with Crippen LogP contribution in [0, 0.1) is 11.8 Å². The minimum atomic E-state index is 0. The molecule has 0 amide bonds. The summed E-state index contributed by atoms with van der Waals surface area (Å²) in [6.45, 7) is 8.74. The van der Waals surface area contributed by atoms with Gasteiger partial charge in [0.05, 0.1) is 13.2 Å². The first-order valence-electron chi connectivity index (χ1n) is 5.48. The van der Waals surface area contributed by atoms with E-state index in [4.69, 9.17) is 7.74 Å². The number of aliphatic imine (C=N–C) groups is 1. The zero-order chi connectivity index (χ0) is 11.0. The van der Waals surface area contributed by atoms with Gasteiger partial charge in [-0.25, -0.2) is 0 Å². The molecule has 1 atom stereocenters. The molecule has 1 nitrogen and oxygen atoms in total. The summed E-state index contributed by atoms with van der Waals surface area (Å²) in [5, 5.41) is 0. The van der Waals surface area contributed by atoms with E-state index < -0.39 is 0 Å². The summed E-state index contributed by atoms with van der Waals surface area (Å²) in [6, 6.07) is 0.439. The number of nitrogens with zero attached hydrogens (tertiary/aromatic N) is 1. The normalized spacial score (nSPS) is 12.9. The van der Waals surface area contributed by atoms with Crippen LogP contribution in [0.3, 0.4) is 0 Å². The Hall–Kier alpha value is 0.384. The Labute approximate surface area is 109 Å². The van der Waals surface area contributed by atoms with Crippen molar-refractivity contribution in [3.05, 3.63) is 0 Å². The van der Waals surface area contributed by atoms with Gasteiger partial charge in [0.2, 0.25) is 0 Å². The Morgan fingerprint density at radius 3 is 2.27 bits per heavy atom. The van der Waals surface area contributed by atoms with Gasteiger partial charge < -0.3 is 0 Å². The molecular weight excluding hydrogens is 222 g/mol. The van der Waals surface area contributed by atoms with Crippen LogP contribution in [0.4, 0.5) is 0 Å². The maximum Gasteiger partial charge on any atom is 0.0545 e. The first kappa shape index (κ1) is 17.8. The van der Waals surface area contributed by atoms with Crippen molar-refractivity contribution in [1.82, 2.24) is 0 Å². The largest absolute Gasteiger partial charge is 0.294 e. The summed E-state index contributed by atoms with van der Waals surface area (Å²) < 4.78 is 0. The molecule has 0 fully saturated rings. The minimum Gasteiger partial charge on any atom is -0.294 e. The standard InChI is InChI=1S/C10H20B3N.Fe/c1-8(2)7-14-10(9(3)4)5-6-12-13-11;/h7-10H,5-6H2,1-4H3;. The van der Waals surface area contributed by atoms with Crippen molar-refractivity contribution < 1.29 is 17.1 Å². The van der Waals surface area contributed by atoms with Crippen LogP contribution in [0.15, 0.2) is 4.99 Å². The van der Waals surface area contributed by atoms with Crippen molar-refractivity contribution in [3.8, 4) is 0 Å². The molecule has 1 unspecified atom stereocenters. The fraction of sp³-hybridized carbons (Fsp3) is 0.900. The van der Waals surface area contributed by atoms with Crippen LogP contribution in [-0.4, -0.2) is 34.2 Å². The van der Waals surface area contributed by atoms with Gasteiger partial charge >= 0.3 is 0 Å². The summed E-state index contributed by atoms with van der Waals surface area (Å²) in [6.07, 6.45) is 4.17. The average Bonchev–Trinajstić information content (AvgIpc) is 2.10. The van der Waals surface area contributed by atoms with Crippen LogP contribution in [0.5, 0.6) is 0 Å². The Balaban J connectivity index is 0. The maximum atomic E-state index is 5.29. The summed E-state index contributed by atoms with van der Waals surface area (Å²) in [5.41, 5.74) is 0. The molecule has 0 spiro atoms. The predicted molar refractivity (Wildman–Crippen MR) is 68.6 cm³/mol. The van der Waals surface area contributed by atoms with E-state index in [9.17, 15) is 0 Å². The molecule has 0 saturated carbocycles. The smallest absolute Gasteiger partial charge is 0.0545 e. The molecule has 0 bridgehead atoms. The second-order valence-corrected chi connectivity index (χ2v) is 4.36. The Morgan fingerprint density at radius 1 is 1.27 bits per heavy atom. The van der Waals surface area contributed by atoms with Gasteiger partial charge in [-0.3, -0.25) is 4.99 Å². The number of rotatable bonds is 7. The summed E-state index contributed by atoms with van der Waals surface area (Å²) in [7, 11) is 8.91. The summed E-state index contributed by atoms with van der Waals surface area (Å²) >= 11 is 0. The van der Waals surface area contributed by atoms with Crippen molar-refractivity contribution >= 4 is 28.2 Å². The van der Waals surface area contributed by atoms with E-state index in [1.54, 1.807) is 7.06 Å². The van der Waals surface area contributed by atoms with Crippen molar-refractivity contribution in [3.63, 3.8) is 0 Å². The molecule has 0 N–H and O–H groups in total. The fourth-order valence-electron chi connectivity index (χ4n) is 1.23. The van der Waals surface area contributed by atoms with Gasteiger partial charge in [0, 0.05) is 38.1 Å². The van der Waals surface area contributed by atoms with E-state index in [0.29, 0.717) is 17.9 Å². The molecule has 82 valence electrons. The first-order valence-corrected chi connectivity index (χ1v) is 5.48. The molecular formula is C10H20B3FeN. The maximum absolute atomic E-state index is 5.29. The number of hydrogen-bond acceptors (Lipinski definition) is 1. The summed E-state index contributed by atoms with van der Waals surface area (Å²) in [4.78, 5) is 4.59. The third-order valence-corrected chi connectivity index (χ3v) is 2.11. The predicted octanol–water partition coefficient (Wildman–Crippen LogP) is 1.95. The van der Waals surface area contributed by atoms with E-state index >= 15 is 0 Å². The van der Waals surface area contributed by atoms with Gasteiger partial charge in [-0.2, -0.15) is 0 Å². The van der Waals surface area contributed by atoms with Gasteiger partial charge in [-0.05, 0) is 18.3 Å². The van der Waals surface area contributed by atoms with Crippen LogP contribution in [0.1, 0.15) is 34.1 Å². The zero-order valence-corrected chi connectivity index (χ0v) is 11.4. The van der Waals surface area contributed by atoms with Gasteiger partial charge in [-0.15, -0.1) is 0 Å².